The molecule has 10 rings (SSSR count). The molecule has 2 aliphatic rings. The first-order valence-electron chi connectivity index (χ1n) is 36.0. The third kappa shape index (κ3) is 29.6. The van der Waals surface area contributed by atoms with E-state index < -0.39 is 24.3 Å². The summed E-state index contributed by atoms with van der Waals surface area (Å²) in [6, 6.07) is 36.9. The number of alkyl carbamates (subject to hydrolysis) is 2. The smallest absolute Gasteiger partial charge is 0.407 e. The molecule has 6 heterocycles. The maximum Gasteiger partial charge on any atom is 0.407 e. The summed E-state index contributed by atoms with van der Waals surface area (Å²) in [7, 11) is 3.45. The van der Waals surface area contributed by atoms with E-state index in [2.05, 4.69) is 75.5 Å². The molecule has 28 heteroatoms. The number of hydrogen-bond acceptors (Lipinski definition) is 20. The van der Waals surface area contributed by atoms with Gasteiger partial charge in [0, 0.05) is 118 Å². The third-order valence-corrected chi connectivity index (χ3v) is 21.5. The van der Waals surface area contributed by atoms with Gasteiger partial charge in [-0.1, -0.05) is 135 Å². The van der Waals surface area contributed by atoms with Crippen LogP contribution < -0.4 is 31.9 Å². The number of hydrogen-bond donors (Lipinski definition) is 6. The molecule has 6 N–H and O–H groups in total. The molecule has 105 heavy (non-hydrogen) atoms. The van der Waals surface area contributed by atoms with Gasteiger partial charge < -0.3 is 60.6 Å². The van der Waals surface area contributed by atoms with Crippen LogP contribution in [0.1, 0.15) is 105 Å². The second-order valence-corrected chi connectivity index (χ2v) is 30.6. The van der Waals surface area contributed by atoms with E-state index in [1.165, 1.54) is 34.0 Å². The maximum atomic E-state index is 14.2. The van der Waals surface area contributed by atoms with Crippen molar-refractivity contribution in [3.8, 4) is 0 Å². The average Bonchev–Trinajstić information content (AvgIpc) is 1.13. The van der Waals surface area contributed by atoms with Crippen molar-refractivity contribution >= 4 is 81.4 Å². The summed E-state index contributed by atoms with van der Waals surface area (Å²) in [4.78, 5) is 109. The van der Waals surface area contributed by atoms with E-state index in [9.17, 15) is 28.8 Å². The van der Waals surface area contributed by atoms with Crippen molar-refractivity contribution in [3.05, 3.63) is 209 Å². The van der Waals surface area contributed by atoms with Crippen LogP contribution in [0.3, 0.4) is 0 Å². The summed E-state index contributed by atoms with van der Waals surface area (Å²) in [5, 5.41) is 19.8. The van der Waals surface area contributed by atoms with Gasteiger partial charge in [-0.25, -0.2) is 24.2 Å². The Morgan fingerprint density at radius 3 is 1.12 bits per heavy atom. The monoisotopic (exact) mass is 1510 g/mol. The second kappa shape index (κ2) is 44.3. The van der Waals surface area contributed by atoms with Crippen molar-refractivity contribution in [3.63, 3.8) is 0 Å². The molecule has 2 aliphatic heterocycles. The number of rotatable bonds is 37. The fourth-order valence-electron chi connectivity index (χ4n) is 12.1. The van der Waals surface area contributed by atoms with Gasteiger partial charge in [-0.2, -0.15) is 0 Å². The number of nitrogens with zero attached hydrogens (tertiary/aromatic N) is 8. The first-order valence-corrected chi connectivity index (χ1v) is 39.4. The Hall–Kier alpha value is -8.74. The minimum atomic E-state index is -0.756. The van der Waals surface area contributed by atoms with E-state index in [0.29, 0.717) is 123 Å². The molecule has 4 aromatic carbocycles. The lowest BCUT2D eigenvalue weighted by atomic mass is 9.95. The quantitative estimate of drug-likeness (QED) is 0.0211. The molecule has 2 saturated heterocycles. The van der Waals surface area contributed by atoms with Gasteiger partial charge in [-0.05, 0) is 86.5 Å². The Morgan fingerprint density at radius 1 is 0.448 bits per heavy atom. The topological polar surface area (TPSA) is 276 Å². The minimum Gasteiger partial charge on any atom is -0.444 e. The molecule has 562 valence electrons. The zero-order valence-electron chi connectivity index (χ0n) is 60.4. The van der Waals surface area contributed by atoms with Crippen molar-refractivity contribution in [2.24, 2.45) is 0 Å². The fraction of sp³-hybridized carbons (Fsp3) is 0.455. The molecule has 8 aromatic rings. The van der Waals surface area contributed by atoms with Crippen LogP contribution in [0.5, 0.6) is 0 Å². The van der Waals surface area contributed by atoms with Gasteiger partial charge in [0.25, 0.3) is 0 Å². The lowest BCUT2D eigenvalue weighted by Gasteiger charge is -2.30. The number of carbonyl (C=O) groups excluding carboxylic acids is 6. The predicted octanol–water partition coefficient (Wildman–Crippen LogP) is 10.9. The highest BCUT2D eigenvalue weighted by Gasteiger charge is 2.30. The number of benzene rings is 4. The van der Waals surface area contributed by atoms with Crippen molar-refractivity contribution in [1.29, 1.82) is 0 Å². The van der Waals surface area contributed by atoms with Crippen molar-refractivity contribution in [2.75, 3.05) is 79.8 Å². The molecule has 6 atom stereocenters. The Morgan fingerprint density at radius 2 is 0.790 bits per heavy atom. The lowest BCUT2D eigenvalue weighted by Crippen LogP contribution is -2.54. The standard InChI is InChI=1S/C40H53N7O5S2.C37H47N7O5S2/c1-29(2)38-42-25-34(54-38)26-46(3)39(49)45-36(16-17-47-18-20-51-21-19-47)37(48)43-32(22-30-10-6-4-7-11-30)14-15-33(23-31-12-8-5-9-13-31)44-40(50)52-27-35-24-41-28-53-35;1-43(24-32-22-38-26-50-32)36(46)42-34(14-15-44-16-18-48-19-17-44)35(45)40-30(20-28-8-4-2-5-9-28)12-13-31(21-29-10-6-3-7-11-29)41-37(47)49-25-33-23-39-27-51-33/h4-13,24-25,28-29,32-33,36H,14-23,26-27H2,1-3H3,(H,43,48)(H,44,50)(H,45,49);2-11,22-23,26-27,30-31,34H,12-21,24-25H2,1H3,(H,40,45)(H,41,47)(H,42,46). The van der Waals surface area contributed by atoms with E-state index in [4.69, 9.17) is 18.9 Å². The van der Waals surface area contributed by atoms with Crippen LogP contribution in [0, 0.1) is 0 Å². The zero-order valence-corrected chi connectivity index (χ0v) is 63.7. The number of ether oxygens (including phenoxy) is 4. The van der Waals surface area contributed by atoms with Crippen LogP contribution in [0.15, 0.2) is 163 Å². The van der Waals surface area contributed by atoms with Crippen molar-refractivity contribution < 1.29 is 47.7 Å². The highest BCUT2D eigenvalue weighted by molar-refractivity contribution is 7.11. The second-order valence-electron chi connectivity index (χ2n) is 26.6. The van der Waals surface area contributed by atoms with Gasteiger partial charge in [0.05, 0.1) is 70.8 Å². The Bertz CT molecular complexity index is 3780. The number of urea groups is 2. The largest absolute Gasteiger partial charge is 0.444 e. The van der Waals surface area contributed by atoms with Crippen LogP contribution in [-0.2, 0) is 80.5 Å². The lowest BCUT2D eigenvalue weighted by molar-refractivity contribution is -0.124. The van der Waals surface area contributed by atoms with E-state index in [1.54, 1.807) is 70.4 Å². The van der Waals surface area contributed by atoms with Crippen LogP contribution in [0.25, 0.3) is 0 Å². The number of carbonyl (C=O) groups is 6. The minimum absolute atomic E-state index is 0.150. The molecule has 0 aliphatic carbocycles. The molecule has 0 spiro atoms. The summed E-state index contributed by atoms with van der Waals surface area (Å²) in [6.07, 6.45) is 11.6. The molecular weight excluding hydrogens is 1410 g/mol. The van der Waals surface area contributed by atoms with Crippen LogP contribution in [0.2, 0.25) is 0 Å². The summed E-state index contributed by atoms with van der Waals surface area (Å²) in [5.74, 6) is -0.157. The normalized spacial score (nSPS) is 14.9. The fourth-order valence-corrected chi connectivity index (χ4v) is 14.8. The average molecular weight is 1510 g/mol. The maximum absolute atomic E-state index is 14.2. The molecule has 6 unspecified atom stereocenters. The number of thiazole rings is 4. The van der Waals surface area contributed by atoms with E-state index in [-0.39, 0.29) is 61.3 Å². The summed E-state index contributed by atoms with van der Waals surface area (Å²) in [5.41, 5.74) is 9.48. The molecule has 24 nitrogen and oxygen atoms in total. The Balaban J connectivity index is 0.000000244. The number of nitrogens with one attached hydrogen (secondary N) is 6. The highest BCUT2D eigenvalue weighted by atomic mass is 32.1. The number of morpholine rings is 2. The highest BCUT2D eigenvalue weighted by Crippen LogP contribution is 2.23. The van der Waals surface area contributed by atoms with E-state index >= 15 is 0 Å². The summed E-state index contributed by atoms with van der Waals surface area (Å²) in [6.45, 7) is 12.3. The molecule has 0 saturated carbocycles. The van der Waals surface area contributed by atoms with Gasteiger partial charge in [0.2, 0.25) is 11.8 Å². The molecule has 4 aromatic heterocycles. The summed E-state index contributed by atoms with van der Waals surface area (Å²) < 4.78 is 22.1. The zero-order chi connectivity index (χ0) is 73.8. The molecule has 2 fully saturated rings. The third-order valence-electron chi connectivity index (χ3n) is 18.0. The van der Waals surface area contributed by atoms with Gasteiger partial charge >= 0.3 is 24.2 Å². The number of amides is 8. The molecule has 0 bridgehead atoms. The van der Waals surface area contributed by atoms with Crippen molar-refractivity contribution in [2.45, 2.75) is 147 Å². The Labute approximate surface area is 632 Å². The summed E-state index contributed by atoms with van der Waals surface area (Å²) >= 11 is 5.94. The molecule has 0 radical (unpaired) electrons. The molecular formula is C77H100N14O10S4. The van der Waals surface area contributed by atoms with E-state index in [0.717, 1.165) is 72.9 Å². The number of aromatic nitrogens is 4. The van der Waals surface area contributed by atoms with Crippen molar-refractivity contribution in [1.82, 2.24) is 71.4 Å². The SMILES string of the molecule is CC(C)c1ncc(CN(C)C(=O)NC(CCN2CCOCC2)C(=O)NC(CCC(Cc2ccccc2)NC(=O)OCc2cncs2)Cc2ccccc2)s1.CN(Cc1cncs1)C(=O)NC(CCN1CCOCC1)C(=O)NC(CCC(Cc1ccccc1)NC(=O)OCc1cncs1)Cc1ccccc1. The van der Waals surface area contributed by atoms with Crippen LogP contribution in [-0.4, -0.2) is 192 Å². The van der Waals surface area contributed by atoms with Crippen LogP contribution >= 0.6 is 45.3 Å². The Kier molecular flexibility index (Phi) is 33.9. The van der Waals surface area contributed by atoms with E-state index in [1.807, 2.05) is 128 Å². The van der Waals surface area contributed by atoms with Gasteiger partial charge in [0.15, 0.2) is 0 Å². The first kappa shape index (κ1) is 80.4. The van der Waals surface area contributed by atoms with Crippen LogP contribution in [0.4, 0.5) is 19.2 Å². The first-order chi connectivity index (χ1) is 51.1. The van der Waals surface area contributed by atoms with Gasteiger partial charge in [-0.15, -0.1) is 45.3 Å². The predicted molar refractivity (Wildman–Crippen MR) is 411 cm³/mol. The molecule has 8 amide bonds. The van der Waals surface area contributed by atoms with Gasteiger partial charge in [0.1, 0.15) is 25.3 Å². The van der Waals surface area contributed by atoms with Gasteiger partial charge in [-0.3, -0.25) is 34.3 Å².